The van der Waals surface area contributed by atoms with Crippen LogP contribution >= 0.6 is 11.3 Å². The molecule has 0 aliphatic carbocycles. The van der Waals surface area contributed by atoms with E-state index in [0.29, 0.717) is 6.42 Å². The Hall–Kier alpha value is -1.16. The monoisotopic (exact) mass is 194 g/mol. The van der Waals surface area contributed by atoms with Crippen LogP contribution in [0.25, 0.3) is 0 Å². The summed E-state index contributed by atoms with van der Waals surface area (Å²) >= 11 is 1.64. The van der Waals surface area contributed by atoms with Crippen LogP contribution in [0.15, 0.2) is 16.5 Å². The highest BCUT2D eigenvalue weighted by Gasteiger charge is 2.22. The first-order valence-corrected chi connectivity index (χ1v) is 4.95. The van der Waals surface area contributed by atoms with E-state index in [1.807, 2.05) is 18.4 Å². The molecule has 0 N–H and O–H groups in total. The van der Waals surface area contributed by atoms with Gasteiger partial charge in [0.25, 0.3) is 0 Å². The van der Waals surface area contributed by atoms with Crippen molar-refractivity contribution in [2.45, 2.75) is 13.3 Å². The van der Waals surface area contributed by atoms with Crippen LogP contribution in [0.1, 0.15) is 16.9 Å². The molecule has 4 heteroatoms. The molecule has 0 atom stereocenters. The first kappa shape index (κ1) is 8.44. The van der Waals surface area contributed by atoms with Gasteiger partial charge in [-0.15, -0.1) is 11.3 Å². The molecule has 0 fully saturated rings. The Labute approximate surface area is 80.7 Å². The number of rotatable bonds is 1. The van der Waals surface area contributed by atoms with Gasteiger partial charge in [0.15, 0.2) is 0 Å². The highest BCUT2D eigenvalue weighted by Crippen LogP contribution is 2.21. The Morgan fingerprint density at radius 1 is 1.62 bits per heavy atom. The second-order valence-corrected chi connectivity index (χ2v) is 3.99. The van der Waals surface area contributed by atoms with Crippen molar-refractivity contribution in [3.8, 4) is 0 Å². The van der Waals surface area contributed by atoms with Crippen LogP contribution in [0, 0.1) is 6.92 Å². The molecule has 1 aromatic heterocycles. The summed E-state index contributed by atoms with van der Waals surface area (Å²) in [6.07, 6.45) is 0.442. The number of carbonyl (C=O) groups excluding carboxylic acids is 1. The first-order chi connectivity index (χ1) is 6.18. The van der Waals surface area contributed by atoms with Crippen LogP contribution in [0.3, 0.4) is 0 Å². The molecule has 1 aliphatic rings. The van der Waals surface area contributed by atoms with E-state index in [-0.39, 0.29) is 5.91 Å². The van der Waals surface area contributed by atoms with Gasteiger partial charge in [0.1, 0.15) is 0 Å². The summed E-state index contributed by atoms with van der Waals surface area (Å²) < 4.78 is 0. The minimum Gasteiger partial charge on any atom is -0.273 e. The van der Waals surface area contributed by atoms with Gasteiger partial charge in [0.05, 0.1) is 17.0 Å². The van der Waals surface area contributed by atoms with E-state index >= 15 is 0 Å². The normalized spacial score (nSPS) is 16.6. The SMILES string of the molecule is Cc1ccsc1C1=NN(C)C(=O)C1. The van der Waals surface area contributed by atoms with Crippen molar-refractivity contribution in [1.82, 2.24) is 5.01 Å². The van der Waals surface area contributed by atoms with Gasteiger partial charge < -0.3 is 0 Å². The maximum Gasteiger partial charge on any atom is 0.248 e. The number of thiophene rings is 1. The van der Waals surface area contributed by atoms with Crippen LogP contribution in [0.5, 0.6) is 0 Å². The number of hydrogen-bond donors (Lipinski definition) is 0. The summed E-state index contributed by atoms with van der Waals surface area (Å²) in [5.74, 6) is 0.0720. The third-order valence-electron chi connectivity index (χ3n) is 2.07. The molecule has 1 aromatic rings. The van der Waals surface area contributed by atoms with Crippen molar-refractivity contribution in [2.75, 3.05) is 7.05 Å². The molecule has 68 valence electrons. The Balaban J connectivity index is 2.35. The second-order valence-electron chi connectivity index (χ2n) is 3.07. The average Bonchev–Trinajstić information content (AvgIpc) is 2.60. The topological polar surface area (TPSA) is 32.7 Å². The molecule has 2 rings (SSSR count). The fraction of sp³-hybridized carbons (Fsp3) is 0.333. The Morgan fingerprint density at radius 3 is 2.85 bits per heavy atom. The minimum atomic E-state index is 0.0720. The summed E-state index contributed by atoms with van der Waals surface area (Å²) in [5, 5.41) is 7.62. The van der Waals surface area contributed by atoms with Gasteiger partial charge in [-0.05, 0) is 23.9 Å². The summed E-state index contributed by atoms with van der Waals surface area (Å²) in [7, 11) is 1.69. The molecule has 2 heterocycles. The van der Waals surface area contributed by atoms with Crippen molar-refractivity contribution in [3.05, 3.63) is 21.9 Å². The quantitative estimate of drug-likeness (QED) is 0.668. The van der Waals surface area contributed by atoms with E-state index < -0.39 is 0 Å². The van der Waals surface area contributed by atoms with E-state index in [9.17, 15) is 4.79 Å². The van der Waals surface area contributed by atoms with Gasteiger partial charge in [-0.2, -0.15) is 5.10 Å². The fourth-order valence-corrected chi connectivity index (χ4v) is 2.24. The summed E-state index contributed by atoms with van der Waals surface area (Å²) in [4.78, 5) is 12.3. The number of hydrazone groups is 1. The Bertz CT molecular complexity index is 381. The number of nitrogens with zero attached hydrogens (tertiary/aromatic N) is 2. The van der Waals surface area contributed by atoms with Crippen molar-refractivity contribution >= 4 is 23.0 Å². The van der Waals surface area contributed by atoms with Gasteiger partial charge in [-0.25, -0.2) is 5.01 Å². The van der Waals surface area contributed by atoms with Gasteiger partial charge in [-0.1, -0.05) is 0 Å². The Kier molecular flexibility index (Phi) is 1.92. The zero-order valence-electron chi connectivity index (χ0n) is 7.57. The van der Waals surface area contributed by atoms with Crippen molar-refractivity contribution in [1.29, 1.82) is 0 Å². The van der Waals surface area contributed by atoms with Gasteiger partial charge in [-0.3, -0.25) is 4.79 Å². The molecule has 1 amide bonds. The van der Waals surface area contributed by atoms with Gasteiger partial charge >= 0.3 is 0 Å². The van der Waals surface area contributed by atoms with Crippen molar-refractivity contribution in [3.63, 3.8) is 0 Å². The molecule has 13 heavy (non-hydrogen) atoms. The Morgan fingerprint density at radius 2 is 2.38 bits per heavy atom. The average molecular weight is 194 g/mol. The highest BCUT2D eigenvalue weighted by atomic mass is 32.1. The molecular weight excluding hydrogens is 184 g/mol. The number of hydrogen-bond acceptors (Lipinski definition) is 3. The highest BCUT2D eigenvalue weighted by molar-refractivity contribution is 7.12. The lowest BCUT2D eigenvalue weighted by atomic mass is 10.2. The third kappa shape index (κ3) is 1.37. The van der Waals surface area contributed by atoms with E-state index in [2.05, 4.69) is 5.10 Å². The number of aryl methyl sites for hydroxylation is 1. The zero-order chi connectivity index (χ0) is 9.42. The predicted molar refractivity (Wildman–Crippen MR) is 53.0 cm³/mol. The lowest BCUT2D eigenvalue weighted by molar-refractivity contribution is -0.127. The number of amides is 1. The summed E-state index contributed by atoms with van der Waals surface area (Å²) in [6.45, 7) is 2.04. The largest absolute Gasteiger partial charge is 0.273 e. The second kappa shape index (κ2) is 2.96. The minimum absolute atomic E-state index is 0.0720. The van der Waals surface area contributed by atoms with Crippen LogP contribution in [-0.4, -0.2) is 23.7 Å². The van der Waals surface area contributed by atoms with E-state index in [4.69, 9.17) is 0 Å². The van der Waals surface area contributed by atoms with E-state index in [1.165, 1.54) is 10.6 Å². The molecule has 0 aromatic carbocycles. The van der Waals surface area contributed by atoms with Crippen molar-refractivity contribution < 1.29 is 4.79 Å². The van der Waals surface area contributed by atoms with Crippen LogP contribution < -0.4 is 0 Å². The molecule has 1 aliphatic heterocycles. The molecule has 0 saturated heterocycles. The lowest BCUT2D eigenvalue weighted by Crippen LogP contribution is -2.14. The molecule has 0 bridgehead atoms. The van der Waals surface area contributed by atoms with Crippen LogP contribution in [0.4, 0.5) is 0 Å². The first-order valence-electron chi connectivity index (χ1n) is 4.07. The van der Waals surface area contributed by atoms with Gasteiger partial charge in [0.2, 0.25) is 5.91 Å². The van der Waals surface area contributed by atoms with E-state index in [0.717, 1.165) is 10.6 Å². The lowest BCUT2D eigenvalue weighted by Gasteiger charge is -1.98. The van der Waals surface area contributed by atoms with Crippen LogP contribution in [0.2, 0.25) is 0 Å². The predicted octanol–water partition coefficient (Wildman–Crippen LogP) is 1.62. The third-order valence-corrected chi connectivity index (χ3v) is 3.14. The van der Waals surface area contributed by atoms with E-state index in [1.54, 1.807) is 18.4 Å². The fourth-order valence-electron chi connectivity index (χ4n) is 1.32. The smallest absolute Gasteiger partial charge is 0.248 e. The molecule has 3 nitrogen and oxygen atoms in total. The standard InChI is InChI=1S/C9H10N2OS/c1-6-3-4-13-9(6)7-5-8(12)11(2)10-7/h3-4H,5H2,1-2H3. The molecule has 0 radical (unpaired) electrons. The maximum absolute atomic E-state index is 11.2. The molecule has 0 spiro atoms. The van der Waals surface area contributed by atoms with Gasteiger partial charge in [0, 0.05) is 7.05 Å². The number of carbonyl (C=O) groups is 1. The molecular formula is C9H10N2OS. The summed E-state index contributed by atoms with van der Waals surface area (Å²) in [5.41, 5.74) is 2.10. The van der Waals surface area contributed by atoms with Crippen LogP contribution in [-0.2, 0) is 4.79 Å². The van der Waals surface area contributed by atoms with Crippen molar-refractivity contribution in [2.24, 2.45) is 5.10 Å². The maximum atomic E-state index is 11.2. The molecule has 0 unspecified atom stereocenters. The molecule has 0 saturated carbocycles. The summed E-state index contributed by atoms with van der Waals surface area (Å²) in [6, 6.07) is 2.05. The zero-order valence-corrected chi connectivity index (χ0v) is 8.39.